The van der Waals surface area contributed by atoms with Crippen LogP contribution in [0.3, 0.4) is 0 Å². The molecule has 0 aliphatic carbocycles. The zero-order chi connectivity index (χ0) is 14.8. The number of rotatable bonds is 3. The Labute approximate surface area is 120 Å². The molecule has 0 saturated carbocycles. The molecule has 9 heteroatoms. The highest BCUT2D eigenvalue weighted by Gasteiger charge is 2.36. The number of hydrogen-bond acceptors (Lipinski definition) is 8. The molecule has 114 valence electrons. The zero-order valence-electron chi connectivity index (χ0n) is 11.6. The Morgan fingerprint density at radius 1 is 1.38 bits per heavy atom. The molecule has 0 amide bonds. The summed E-state index contributed by atoms with van der Waals surface area (Å²) in [5.41, 5.74) is 0. The Morgan fingerprint density at radius 2 is 2.14 bits per heavy atom. The van der Waals surface area contributed by atoms with E-state index in [1.807, 2.05) is 4.90 Å². The van der Waals surface area contributed by atoms with Crippen LogP contribution in [0.1, 0.15) is 31.3 Å². The van der Waals surface area contributed by atoms with E-state index in [2.05, 4.69) is 5.10 Å². The highest BCUT2D eigenvalue weighted by molar-refractivity contribution is 5.75. The molecule has 0 spiro atoms. The third-order valence-electron chi connectivity index (χ3n) is 3.45. The van der Waals surface area contributed by atoms with Crippen molar-refractivity contribution in [3.63, 3.8) is 0 Å². The van der Waals surface area contributed by atoms with E-state index >= 15 is 0 Å². The molecule has 0 bridgehead atoms. The van der Waals surface area contributed by atoms with Crippen molar-refractivity contribution in [2.45, 2.75) is 25.5 Å². The first kappa shape index (κ1) is 13.7. The van der Waals surface area contributed by atoms with Gasteiger partial charge in [0, 0.05) is 13.1 Å². The monoisotopic (exact) mass is 296 g/mol. The minimum atomic E-state index is -0.749. The van der Waals surface area contributed by atoms with Crippen LogP contribution in [-0.4, -0.2) is 41.2 Å². The second kappa shape index (κ2) is 5.60. The highest BCUT2D eigenvalue weighted by Crippen LogP contribution is 2.32. The third kappa shape index (κ3) is 2.64. The fourth-order valence-electron chi connectivity index (χ4n) is 2.40. The van der Waals surface area contributed by atoms with Crippen molar-refractivity contribution in [2.75, 3.05) is 20.2 Å². The minimum Gasteiger partial charge on any atom is -0.428 e. The van der Waals surface area contributed by atoms with Gasteiger partial charge in [0.05, 0.1) is 13.2 Å². The van der Waals surface area contributed by atoms with Gasteiger partial charge in [-0.15, -0.1) is 5.17 Å². The number of ether oxygens (including phenoxy) is 1. The predicted octanol–water partition coefficient (Wildman–Crippen LogP) is 1.84. The quantitative estimate of drug-likeness (QED) is 0.620. The lowest BCUT2D eigenvalue weighted by atomic mass is 10.1. The van der Waals surface area contributed by atoms with E-state index in [1.165, 1.54) is 30.8 Å². The van der Waals surface area contributed by atoms with Crippen LogP contribution in [0.15, 0.2) is 21.7 Å². The molecular weight excluding hydrogens is 280 g/mol. The summed E-state index contributed by atoms with van der Waals surface area (Å²) in [6.45, 7) is 1.75. The number of hydroxylamine groups is 1. The molecule has 2 aliphatic heterocycles. The smallest absolute Gasteiger partial charge is 0.428 e. The van der Waals surface area contributed by atoms with Crippen LogP contribution in [0.4, 0.5) is 5.88 Å². The van der Waals surface area contributed by atoms with E-state index < -0.39 is 11.2 Å². The normalized spacial score (nSPS) is 22.1. The van der Waals surface area contributed by atoms with E-state index in [4.69, 9.17) is 14.0 Å². The van der Waals surface area contributed by atoms with Crippen molar-refractivity contribution in [3.05, 3.63) is 28.0 Å². The van der Waals surface area contributed by atoms with Crippen LogP contribution in [0.5, 0.6) is 0 Å². The number of likely N-dealkylation sites (tertiary alicyclic amines) is 1. The van der Waals surface area contributed by atoms with Gasteiger partial charge in [0.2, 0.25) is 0 Å². The van der Waals surface area contributed by atoms with Gasteiger partial charge in [-0.25, -0.2) is 0 Å². The van der Waals surface area contributed by atoms with Gasteiger partial charge in [-0.2, -0.15) is 0 Å². The molecule has 9 nitrogen and oxygen atoms in total. The topological polar surface area (TPSA) is 93.6 Å². The molecule has 0 unspecified atom stereocenters. The highest BCUT2D eigenvalue weighted by atomic mass is 16.8. The Bertz CT molecular complexity index is 552. The lowest BCUT2D eigenvalue weighted by Crippen LogP contribution is -2.35. The van der Waals surface area contributed by atoms with Gasteiger partial charge < -0.3 is 14.1 Å². The van der Waals surface area contributed by atoms with E-state index in [-0.39, 0.29) is 11.6 Å². The third-order valence-corrected chi connectivity index (χ3v) is 3.45. The van der Waals surface area contributed by atoms with E-state index in [9.17, 15) is 10.1 Å². The molecule has 21 heavy (non-hydrogen) atoms. The molecule has 1 aromatic rings. The fraction of sp³-hybridized carbons (Fsp3) is 0.583. The van der Waals surface area contributed by atoms with Gasteiger partial charge in [0.25, 0.3) is 6.23 Å². The molecular formula is C12H16N4O5. The number of amidine groups is 1. The average molecular weight is 296 g/mol. The molecule has 0 radical (unpaired) electrons. The molecule has 3 heterocycles. The Hall–Kier alpha value is -2.29. The van der Waals surface area contributed by atoms with Gasteiger partial charge >= 0.3 is 11.9 Å². The molecule has 2 aliphatic rings. The van der Waals surface area contributed by atoms with Crippen LogP contribution < -0.4 is 0 Å². The number of hydrazone groups is 1. The summed E-state index contributed by atoms with van der Waals surface area (Å²) in [5, 5.41) is 16.2. The molecule has 1 atom stereocenters. The fourth-order valence-corrected chi connectivity index (χ4v) is 2.40. The minimum absolute atomic E-state index is 0.277. The summed E-state index contributed by atoms with van der Waals surface area (Å²) < 4.78 is 10.9. The summed E-state index contributed by atoms with van der Waals surface area (Å²) in [6.07, 6.45) is 2.63. The Balaban J connectivity index is 1.76. The summed E-state index contributed by atoms with van der Waals surface area (Å²) in [5.74, 6) is -0.0598. The van der Waals surface area contributed by atoms with Crippen LogP contribution in [0, 0.1) is 10.1 Å². The zero-order valence-corrected chi connectivity index (χ0v) is 11.6. The van der Waals surface area contributed by atoms with E-state index in [0.717, 1.165) is 25.9 Å². The number of furan rings is 1. The maximum absolute atomic E-state index is 10.7. The van der Waals surface area contributed by atoms with Crippen molar-refractivity contribution in [3.8, 4) is 0 Å². The largest absolute Gasteiger partial charge is 0.433 e. The van der Waals surface area contributed by atoms with Gasteiger partial charge in [-0.3, -0.25) is 15.0 Å². The van der Waals surface area contributed by atoms with Crippen LogP contribution >= 0.6 is 0 Å². The van der Waals surface area contributed by atoms with Crippen molar-refractivity contribution in [2.24, 2.45) is 5.10 Å². The average Bonchev–Trinajstić information content (AvgIpc) is 3.14. The van der Waals surface area contributed by atoms with Gasteiger partial charge in [0.15, 0.2) is 5.76 Å². The predicted molar refractivity (Wildman–Crippen MR) is 70.9 cm³/mol. The first-order chi connectivity index (χ1) is 10.2. The van der Waals surface area contributed by atoms with Gasteiger partial charge in [0.1, 0.15) is 4.92 Å². The van der Waals surface area contributed by atoms with Gasteiger partial charge in [-0.05, 0) is 25.3 Å². The first-order valence-electron chi connectivity index (χ1n) is 6.76. The standard InChI is InChI=1S/C12H16N4O5/c1-19-15-11(9-5-6-10(20-9)16(17)18)21-12(13-15)14-7-3-2-4-8-14/h5-6,11H,2-4,7-8H2,1H3/t11-/m0/s1. The summed E-state index contributed by atoms with van der Waals surface area (Å²) >= 11 is 0. The molecule has 3 rings (SSSR count). The first-order valence-corrected chi connectivity index (χ1v) is 6.76. The van der Waals surface area contributed by atoms with Crippen LogP contribution in [0.2, 0.25) is 0 Å². The summed E-state index contributed by atoms with van der Waals surface area (Å²) in [7, 11) is 1.45. The number of hydrogen-bond donors (Lipinski definition) is 0. The molecule has 1 saturated heterocycles. The van der Waals surface area contributed by atoms with Crippen LogP contribution in [0.25, 0.3) is 0 Å². The lowest BCUT2D eigenvalue weighted by molar-refractivity contribution is -0.402. The number of nitrogens with zero attached hydrogens (tertiary/aromatic N) is 4. The molecule has 1 aromatic heterocycles. The maximum atomic E-state index is 10.7. The van der Waals surface area contributed by atoms with E-state index in [1.54, 1.807) is 0 Å². The molecule has 0 N–H and O–H groups in total. The van der Waals surface area contributed by atoms with Crippen molar-refractivity contribution in [1.82, 2.24) is 10.1 Å². The van der Waals surface area contributed by atoms with E-state index in [0.29, 0.717) is 6.02 Å². The second-order valence-corrected chi connectivity index (χ2v) is 4.82. The number of nitro groups is 1. The maximum Gasteiger partial charge on any atom is 0.433 e. The van der Waals surface area contributed by atoms with Crippen molar-refractivity contribution >= 4 is 11.9 Å². The molecule has 0 aromatic carbocycles. The molecule has 1 fully saturated rings. The Morgan fingerprint density at radius 3 is 2.76 bits per heavy atom. The van der Waals surface area contributed by atoms with Crippen molar-refractivity contribution in [1.29, 1.82) is 0 Å². The second-order valence-electron chi connectivity index (χ2n) is 4.82. The van der Waals surface area contributed by atoms with Crippen molar-refractivity contribution < 1.29 is 18.9 Å². The van der Waals surface area contributed by atoms with Crippen LogP contribution in [-0.2, 0) is 9.57 Å². The Kier molecular flexibility index (Phi) is 3.65. The summed E-state index contributed by atoms with van der Waals surface area (Å²) in [6, 6.07) is 3.23. The number of piperidine rings is 1. The SMILES string of the molecule is CON1N=C(N2CCCCC2)O[C@H]1c1ccc([N+](=O)[O-])o1. The lowest BCUT2D eigenvalue weighted by Gasteiger charge is -2.26. The summed E-state index contributed by atoms with van der Waals surface area (Å²) in [4.78, 5) is 17.3. The van der Waals surface area contributed by atoms with Gasteiger partial charge in [-0.1, -0.05) is 5.10 Å².